The standard InChI is InChI=1S/C15H22N2O3/c1-3-5-11-7-9-12(10-8-11)16-15(20)17-13(6-4-2)14(18)19/h7-10,13H,3-6H2,1-2H3,(H,18,19)(H2,16,17,20)/t13-/m1/s1. The van der Waals surface area contributed by atoms with Crippen LogP contribution in [0.1, 0.15) is 38.7 Å². The Hall–Kier alpha value is -2.04. The maximum atomic E-state index is 11.7. The van der Waals surface area contributed by atoms with E-state index in [1.54, 1.807) is 0 Å². The van der Waals surface area contributed by atoms with Crippen LogP contribution >= 0.6 is 0 Å². The van der Waals surface area contributed by atoms with E-state index in [2.05, 4.69) is 17.6 Å². The zero-order chi connectivity index (χ0) is 15.0. The lowest BCUT2D eigenvalue weighted by Gasteiger charge is -2.14. The lowest BCUT2D eigenvalue weighted by molar-refractivity contribution is -0.139. The molecule has 0 bridgehead atoms. The smallest absolute Gasteiger partial charge is 0.326 e. The quantitative estimate of drug-likeness (QED) is 0.717. The predicted octanol–water partition coefficient (Wildman–Crippen LogP) is 3.01. The number of nitrogens with one attached hydrogen (secondary N) is 2. The van der Waals surface area contributed by atoms with Crippen LogP contribution < -0.4 is 10.6 Å². The van der Waals surface area contributed by atoms with Gasteiger partial charge in [-0.2, -0.15) is 0 Å². The molecule has 1 aromatic rings. The summed E-state index contributed by atoms with van der Waals surface area (Å²) >= 11 is 0. The topological polar surface area (TPSA) is 78.4 Å². The molecule has 0 fully saturated rings. The number of urea groups is 1. The first-order valence-electron chi connectivity index (χ1n) is 6.96. The Morgan fingerprint density at radius 1 is 1.15 bits per heavy atom. The first-order valence-corrected chi connectivity index (χ1v) is 6.96. The van der Waals surface area contributed by atoms with E-state index in [0.717, 1.165) is 12.8 Å². The van der Waals surface area contributed by atoms with Gasteiger partial charge in [-0.1, -0.05) is 38.8 Å². The molecule has 1 aromatic carbocycles. The molecular weight excluding hydrogens is 256 g/mol. The van der Waals surface area contributed by atoms with E-state index in [9.17, 15) is 9.59 Å². The average molecular weight is 278 g/mol. The number of carboxylic acid groups (broad SMARTS) is 1. The number of amides is 2. The largest absolute Gasteiger partial charge is 0.480 e. The fraction of sp³-hybridized carbons (Fsp3) is 0.467. The van der Waals surface area contributed by atoms with Crippen molar-refractivity contribution in [3.63, 3.8) is 0 Å². The summed E-state index contributed by atoms with van der Waals surface area (Å²) in [6.45, 7) is 3.99. The van der Waals surface area contributed by atoms with Crippen molar-refractivity contribution in [1.29, 1.82) is 0 Å². The van der Waals surface area contributed by atoms with Gasteiger partial charge in [-0.25, -0.2) is 9.59 Å². The molecule has 0 spiro atoms. The van der Waals surface area contributed by atoms with E-state index in [-0.39, 0.29) is 0 Å². The number of benzene rings is 1. The van der Waals surface area contributed by atoms with Crippen molar-refractivity contribution in [3.05, 3.63) is 29.8 Å². The summed E-state index contributed by atoms with van der Waals surface area (Å²) in [6, 6.07) is 6.22. The third-order valence-corrected chi connectivity index (χ3v) is 2.93. The molecule has 2 amide bonds. The molecule has 0 aromatic heterocycles. The number of carbonyl (C=O) groups excluding carboxylic acids is 1. The van der Waals surface area contributed by atoms with Crippen LogP contribution in [0, 0.1) is 0 Å². The van der Waals surface area contributed by atoms with Gasteiger partial charge in [-0.05, 0) is 30.5 Å². The number of rotatable bonds is 7. The molecule has 0 saturated carbocycles. The van der Waals surface area contributed by atoms with Gasteiger partial charge in [0.05, 0.1) is 0 Å². The van der Waals surface area contributed by atoms with Gasteiger partial charge in [0, 0.05) is 5.69 Å². The van der Waals surface area contributed by atoms with Gasteiger partial charge in [-0.3, -0.25) is 0 Å². The van der Waals surface area contributed by atoms with E-state index in [0.29, 0.717) is 18.5 Å². The van der Waals surface area contributed by atoms with Crippen LogP contribution in [0.4, 0.5) is 10.5 Å². The van der Waals surface area contributed by atoms with E-state index >= 15 is 0 Å². The fourth-order valence-corrected chi connectivity index (χ4v) is 1.91. The molecule has 0 aliphatic heterocycles. The number of anilines is 1. The zero-order valence-electron chi connectivity index (χ0n) is 12.0. The number of hydrogen-bond acceptors (Lipinski definition) is 2. The molecule has 110 valence electrons. The third kappa shape index (κ3) is 5.30. The molecule has 0 unspecified atom stereocenters. The monoisotopic (exact) mass is 278 g/mol. The first-order chi connectivity index (χ1) is 9.56. The second-order valence-corrected chi connectivity index (χ2v) is 4.72. The SMILES string of the molecule is CCCc1ccc(NC(=O)N[C@H](CCC)C(=O)O)cc1. The molecule has 1 rings (SSSR count). The fourth-order valence-electron chi connectivity index (χ4n) is 1.91. The molecule has 20 heavy (non-hydrogen) atoms. The minimum Gasteiger partial charge on any atom is -0.480 e. The van der Waals surface area contributed by atoms with E-state index in [1.165, 1.54) is 5.56 Å². The van der Waals surface area contributed by atoms with Crippen molar-refractivity contribution < 1.29 is 14.7 Å². The normalized spacial score (nSPS) is 11.7. The highest BCUT2D eigenvalue weighted by Gasteiger charge is 2.18. The zero-order valence-corrected chi connectivity index (χ0v) is 12.0. The van der Waals surface area contributed by atoms with E-state index in [4.69, 9.17) is 5.11 Å². The van der Waals surface area contributed by atoms with Crippen molar-refractivity contribution >= 4 is 17.7 Å². The van der Waals surface area contributed by atoms with Crippen LogP contribution in [0.3, 0.4) is 0 Å². The van der Waals surface area contributed by atoms with Crippen LogP contribution in [-0.2, 0) is 11.2 Å². The Bertz CT molecular complexity index is 443. The second-order valence-electron chi connectivity index (χ2n) is 4.72. The van der Waals surface area contributed by atoms with Crippen molar-refractivity contribution in [2.45, 2.75) is 45.6 Å². The molecule has 5 heteroatoms. The van der Waals surface area contributed by atoms with Crippen LogP contribution in [0.5, 0.6) is 0 Å². The molecule has 0 aliphatic rings. The Kier molecular flexibility index (Phi) is 6.56. The van der Waals surface area contributed by atoms with Crippen LogP contribution in [0.2, 0.25) is 0 Å². The Labute approximate surface area is 119 Å². The van der Waals surface area contributed by atoms with Crippen LogP contribution in [0.25, 0.3) is 0 Å². The van der Waals surface area contributed by atoms with Crippen molar-refractivity contribution in [2.24, 2.45) is 0 Å². The Morgan fingerprint density at radius 3 is 2.30 bits per heavy atom. The van der Waals surface area contributed by atoms with E-state index in [1.807, 2.05) is 31.2 Å². The first kappa shape index (κ1) is 16.0. The van der Waals surface area contributed by atoms with Gasteiger partial charge < -0.3 is 15.7 Å². The summed E-state index contributed by atoms with van der Waals surface area (Å²) in [4.78, 5) is 22.7. The maximum Gasteiger partial charge on any atom is 0.326 e. The van der Waals surface area contributed by atoms with Gasteiger partial charge in [-0.15, -0.1) is 0 Å². The minimum absolute atomic E-state index is 0.415. The van der Waals surface area contributed by atoms with Crippen molar-refractivity contribution in [1.82, 2.24) is 5.32 Å². The molecule has 1 atom stereocenters. The third-order valence-electron chi connectivity index (χ3n) is 2.93. The number of carboxylic acids is 1. The molecule has 0 radical (unpaired) electrons. The summed E-state index contributed by atoms with van der Waals surface area (Å²) in [5.41, 5.74) is 1.87. The Balaban J connectivity index is 2.54. The molecule has 5 nitrogen and oxygen atoms in total. The minimum atomic E-state index is -1.01. The lowest BCUT2D eigenvalue weighted by Crippen LogP contribution is -2.42. The number of hydrogen-bond donors (Lipinski definition) is 3. The summed E-state index contributed by atoms with van der Waals surface area (Å²) < 4.78 is 0. The van der Waals surface area contributed by atoms with Crippen LogP contribution in [-0.4, -0.2) is 23.1 Å². The van der Waals surface area contributed by atoms with Crippen molar-refractivity contribution in [3.8, 4) is 0 Å². The summed E-state index contributed by atoms with van der Waals surface area (Å²) in [6.07, 6.45) is 3.19. The van der Waals surface area contributed by atoms with Crippen molar-refractivity contribution in [2.75, 3.05) is 5.32 Å². The molecule has 0 saturated heterocycles. The van der Waals surface area contributed by atoms with Gasteiger partial charge in [0.1, 0.15) is 6.04 Å². The van der Waals surface area contributed by atoms with Gasteiger partial charge in [0.15, 0.2) is 0 Å². The Morgan fingerprint density at radius 2 is 1.80 bits per heavy atom. The summed E-state index contributed by atoms with van der Waals surface area (Å²) in [5.74, 6) is -1.01. The predicted molar refractivity (Wildman–Crippen MR) is 78.9 cm³/mol. The molecule has 0 heterocycles. The highest BCUT2D eigenvalue weighted by Crippen LogP contribution is 2.11. The average Bonchev–Trinajstić information content (AvgIpc) is 2.40. The summed E-state index contributed by atoms with van der Waals surface area (Å²) in [5, 5.41) is 14.1. The highest BCUT2D eigenvalue weighted by atomic mass is 16.4. The van der Waals surface area contributed by atoms with E-state index < -0.39 is 18.0 Å². The molecule has 3 N–H and O–H groups in total. The van der Waals surface area contributed by atoms with Crippen LogP contribution in [0.15, 0.2) is 24.3 Å². The second kappa shape index (κ2) is 8.19. The lowest BCUT2D eigenvalue weighted by atomic mass is 10.1. The molecular formula is C15H22N2O3. The van der Waals surface area contributed by atoms with Gasteiger partial charge >= 0.3 is 12.0 Å². The summed E-state index contributed by atoms with van der Waals surface area (Å²) in [7, 11) is 0. The van der Waals surface area contributed by atoms with Gasteiger partial charge in [0.2, 0.25) is 0 Å². The van der Waals surface area contributed by atoms with Gasteiger partial charge in [0.25, 0.3) is 0 Å². The highest BCUT2D eigenvalue weighted by molar-refractivity contribution is 5.92. The number of carbonyl (C=O) groups is 2. The molecule has 0 aliphatic carbocycles. The number of aryl methyl sites for hydroxylation is 1. The number of aliphatic carboxylic acids is 1. The maximum absolute atomic E-state index is 11.7.